The Balaban J connectivity index is 1.92. The zero-order chi connectivity index (χ0) is 9.10. The molecule has 0 unspecified atom stereocenters. The third-order valence-electron chi connectivity index (χ3n) is 2.81. The molecule has 0 amide bonds. The molecular weight excluding hydrogens is 164 g/mol. The average molecular weight is 180 g/mol. The predicted octanol–water partition coefficient (Wildman–Crippen LogP) is 1.07. The number of aliphatic hydroxyl groups is 1. The highest BCUT2D eigenvalue weighted by molar-refractivity contribution is 4.94. The normalized spacial score (nSPS) is 20.7. The van der Waals surface area contributed by atoms with Crippen molar-refractivity contribution in [2.75, 3.05) is 19.8 Å². The maximum Gasteiger partial charge on any atom is 0.0956 e. The summed E-state index contributed by atoms with van der Waals surface area (Å²) in [5.41, 5.74) is 0. The summed E-state index contributed by atoms with van der Waals surface area (Å²) < 4.78 is 2.27. The summed E-state index contributed by atoms with van der Waals surface area (Å²) in [7, 11) is 0. The summed E-state index contributed by atoms with van der Waals surface area (Å²) in [6, 6.07) is 4.77. The van der Waals surface area contributed by atoms with Crippen molar-refractivity contribution < 1.29 is 5.11 Å². The molecule has 0 radical (unpaired) electrons. The van der Waals surface area contributed by atoms with Crippen LogP contribution >= 0.6 is 0 Å². The van der Waals surface area contributed by atoms with Gasteiger partial charge in [-0.05, 0) is 25.0 Å². The van der Waals surface area contributed by atoms with E-state index in [0.29, 0.717) is 6.04 Å². The fourth-order valence-electron chi connectivity index (χ4n) is 1.95. The van der Waals surface area contributed by atoms with E-state index in [4.69, 9.17) is 5.11 Å². The van der Waals surface area contributed by atoms with Gasteiger partial charge in [-0.1, -0.05) is 0 Å². The van der Waals surface area contributed by atoms with Gasteiger partial charge < -0.3 is 9.67 Å². The lowest BCUT2D eigenvalue weighted by Gasteiger charge is -2.31. The first-order valence-electron chi connectivity index (χ1n) is 4.86. The van der Waals surface area contributed by atoms with Crippen LogP contribution in [0, 0.1) is 0 Å². The van der Waals surface area contributed by atoms with Crippen LogP contribution in [-0.4, -0.2) is 34.4 Å². The van der Waals surface area contributed by atoms with Crippen LogP contribution in [0.4, 0.5) is 0 Å². The van der Waals surface area contributed by atoms with E-state index in [-0.39, 0.29) is 6.73 Å². The molecule has 0 aromatic carbocycles. The summed E-state index contributed by atoms with van der Waals surface area (Å²) in [5, 5.41) is 8.93. The van der Waals surface area contributed by atoms with E-state index in [1.165, 1.54) is 0 Å². The van der Waals surface area contributed by atoms with E-state index in [1.807, 2.05) is 0 Å². The number of rotatable bonds is 2. The van der Waals surface area contributed by atoms with E-state index < -0.39 is 0 Å². The van der Waals surface area contributed by atoms with Gasteiger partial charge in [-0.15, -0.1) is 0 Å². The van der Waals surface area contributed by atoms with Crippen LogP contribution in [0.5, 0.6) is 0 Å². The monoisotopic (exact) mass is 180 g/mol. The molecule has 0 atom stereocenters. The van der Waals surface area contributed by atoms with Crippen LogP contribution in [0.15, 0.2) is 24.5 Å². The first-order chi connectivity index (χ1) is 6.40. The lowest BCUT2D eigenvalue weighted by molar-refractivity contribution is 0.0751. The standard InChI is InChI=1S/C10H16N2O/c13-9-11-7-3-10(4-8-11)12-5-1-2-6-12/h1-2,5-6,10,13H,3-4,7-9H2. The second kappa shape index (κ2) is 3.94. The zero-order valence-corrected chi connectivity index (χ0v) is 7.76. The molecule has 0 aliphatic carbocycles. The SMILES string of the molecule is OCN1CCC(n2cccc2)CC1. The minimum atomic E-state index is 0.207. The molecule has 1 fully saturated rings. The summed E-state index contributed by atoms with van der Waals surface area (Å²) in [6.07, 6.45) is 6.54. The minimum absolute atomic E-state index is 0.207. The quantitative estimate of drug-likeness (QED) is 0.737. The van der Waals surface area contributed by atoms with E-state index in [1.54, 1.807) is 0 Å². The predicted molar refractivity (Wildman–Crippen MR) is 51.4 cm³/mol. The van der Waals surface area contributed by atoms with Gasteiger partial charge >= 0.3 is 0 Å². The molecule has 72 valence electrons. The fraction of sp³-hybridized carbons (Fsp3) is 0.600. The van der Waals surface area contributed by atoms with Crippen LogP contribution in [0.3, 0.4) is 0 Å². The molecule has 2 heterocycles. The van der Waals surface area contributed by atoms with E-state index in [9.17, 15) is 0 Å². The highest BCUT2D eigenvalue weighted by Crippen LogP contribution is 2.21. The Bertz CT molecular complexity index is 237. The Kier molecular flexibility index (Phi) is 2.66. The Morgan fingerprint density at radius 2 is 1.77 bits per heavy atom. The van der Waals surface area contributed by atoms with Crippen molar-refractivity contribution in [3.05, 3.63) is 24.5 Å². The van der Waals surface area contributed by atoms with E-state index >= 15 is 0 Å². The summed E-state index contributed by atoms with van der Waals surface area (Å²) >= 11 is 0. The number of likely N-dealkylation sites (tertiary alicyclic amines) is 1. The molecule has 0 bridgehead atoms. The number of nitrogens with zero attached hydrogens (tertiary/aromatic N) is 2. The summed E-state index contributed by atoms with van der Waals surface area (Å²) in [4.78, 5) is 2.08. The van der Waals surface area contributed by atoms with Crippen LogP contribution in [-0.2, 0) is 0 Å². The van der Waals surface area contributed by atoms with Gasteiger partial charge in [-0.3, -0.25) is 4.90 Å². The Hall–Kier alpha value is -0.800. The smallest absolute Gasteiger partial charge is 0.0956 e. The summed E-state index contributed by atoms with van der Waals surface area (Å²) in [5.74, 6) is 0. The maximum atomic E-state index is 8.93. The van der Waals surface area contributed by atoms with Gasteiger partial charge in [0.1, 0.15) is 0 Å². The second-order valence-electron chi connectivity index (χ2n) is 3.62. The van der Waals surface area contributed by atoms with Gasteiger partial charge in [0.15, 0.2) is 0 Å². The third-order valence-corrected chi connectivity index (χ3v) is 2.81. The Morgan fingerprint density at radius 1 is 1.15 bits per heavy atom. The van der Waals surface area contributed by atoms with Crippen molar-refractivity contribution in [2.24, 2.45) is 0 Å². The van der Waals surface area contributed by atoms with Crippen molar-refractivity contribution in [2.45, 2.75) is 18.9 Å². The molecule has 1 aromatic rings. The largest absolute Gasteiger partial charge is 0.381 e. The van der Waals surface area contributed by atoms with Crippen LogP contribution in [0.25, 0.3) is 0 Å². The molecule has 3 nitrogen and oxygen atoms in total. The maximum absolute atomic E-state index is 8.93. The number of aromatic nitrogens is 1. The lowest BCUT2D eigenvalue weighted by Crippen LogP contribution is -2.34. The van der Waals surface area contributed by atoms with Crippen LogP contribution in [0.2, 0.25) is 0 Å². The lowest BCUT2D eigenvalue weighted by atomic mass is 10.1. The number of aliphatic hydroxyl groups excluding tert-OH is 1. The van der Waals surface area contributed by atoms with Crippen molar-refractivity contribution in [3.63, 3.8) is 0 Å². The van der Waals surface area contributed by atoms with Crippen LogP contribution < -0.4 is 0 Å². The molecule has 3 heteroatoms. The molecule has 0 spiro atoms. The molecule has 2 rings (SSSR count). The minimum Gasteiger partial charge on any atom is -0.381 e. The van der Waals surface area contributed by atoms with Crippen LogP contribution in [0.1, 0.15) is 18.9 Å². The molecule has 1 aliphatic rings. The van der Waals surface area contributed by atoms with Gasteiger partial charge in [-0.25, -0.2) is 0 Å². The molecule has 1 aliphatic heterocycles. The van der Waals surface area contributed by atoms with Gasteiger partial charge in [0.2, 0.25) is 0 Å². The van der Waals surface area contributed by atoms with Gasteiger partial charge in [0.05, 0.1) is 6.73 Å². The number of hydrogen-bond donors (Lipinski definition) is 1. The fourth-order valence-corrected chi connectivity index (χ4v) is 1.95. The molecule has 1 N–H and O–H groups in total. The topological polar surface area (TPSA) is 28.4 Å². The molecular formula is C10H16N2O. The molecule has 1 aromatic heterocycles. The first kappa shape index (κ1) is 8.78. The Morgan fingerprint density at radius 3 is 2.31 bits per heavy atom. The second-order valence-corrected chi connectivity index (χ2v) is 3.62. The van der Waals surface area contributed by atoms with Crippen molar-refractivity contribution in [1.29, 1.82) is 0 Å². The van der Waals surface area contributed by atoms with E-state index in [0.717, 1.165) is 25.9 Å². The number of piperidine rings is 1. The van der Waals surface area contributed by atoms with Crippen molar-refractivity contribution in [3.8, 4) is 0 Å². The van der Waals surface area contributed by atoms with Gasteiger partial charge in [-0.2, -0.15) is 0 Å². The van der Waals surface area contributed by atoms with E-state index in [2.05, 4.69) is 34.0 Å². The highest BCUT2D eigenvalue weighted by Gasteiger charge is 2.18. The van der Waals surface area contributed by atoms with Crippen molar-refractivity contribution in [1.82, 2.24) is 9.47 Å². The zero-order valence-electron chi connectivity index (χ0n) is 7.76. The average Bonchev–Trinajstić information content (AvgIpc) is 2.71. The molecule has 0 saturated carbocycles. The highest BCUT2D eigenvalue weighted by atomic mass is 16.3. The van der Waals surface area contributed by atoms with Gasteiger partial charge in [0.25, 0.3) is 0 Å². The summed E-state index contributed by atoms with van der Waals surface area (Å²) in [6.45, 7) is 2.23. The van der Waals surface area contributed by atoms with Crippen molar-refractivity contribution >= 4 is 0 Å². The van der Waals surface area contributed by atoms with Gasteiger partial charge in [0, 0.05) is 31.5 Å². The molecule has 1 saturated heterocycles. The third kappa shape index (κ3) is 1.92. The molecule has 13 heavy (non-hydrogen) atoms. The number of hydrogen-bond acceptors (Lipinski definition) is 2. The first-order valence-corrected chi connectivity index (χ1v) is 4.86. The Labute approximate surface area is 78.6 Å².